The lowest BCUT2D eigenvalue weighted by Gasteiger charge is -2.38. The van der Waals surface area contributed by atoms with Crippen molar-refractivity contribution in [2.75, 3.05) is 13.6 Å². The molecule has 2 amide bonds. The third-order valence-electron chi connectivity index (χ3n) is 4.60. The Morgan fingerprint density at radius 3 is 2.50 bits per heavy atom. The molecule has 6 heteroatoms. The van der Waals surface area contributed by atoms with Crippen molar-refractivity contribution in [3.63, 3.8) is 0 Å². The molecule has 0 aromatic heterocycles. The van der Waals surface area contributed by atoms with Crippen LogP contribution in [0.4, 0.5) is 0 Å². The van der Waals surface area contributed by atoms with E-state index in [0.29, 0.717) is 19.4 Å². The van der Waals surface area contributed by atoms with E-state index >= 15 is 0 Å². The van der Waals surface area contributed by atoms with Gasteiger partial charge in [0.15, 0.2) is 0 Å². The maximum atomic E-state index is 12.7. The Bertz CT molecular complexity index is 644. The second-order valence-corrected chi connectivity index (χ2v) is 6.35. The van der Waals surface area contributed by atoms with Crippen molar-refractivity contribution in [1.29, 1.82) is 0 Å². The highest BCUT2D eigenvalue weighted by molar-refractivity contribution is 5.90. The van der Waals surface area contributed by atoms with Crippen molar-refractivity contribution in [2.45, 2.75) is 39.3 Å². The number of carboxylic acids is 1. The number of amides is 2. The van der Waals surface area contributed by atoms with E-state index in [2.05, 4.69) is 0 Å². The first-order valence-corrected chi connectivity index (χ1v) is 8.19. The number of hydrogen-bond donors (Lipinski definition) is 1. The number of aliphatic carboxylic acids is 1. The lowest BCUT2D eigenvalue weighted by Crippen LogP contribution is -2.54. The molecule has 1 aliphatic heterocycles. The summed E-state index contributed by atoms with van der Waals surface area (Å²) >= 11 is 0. The van der Waals surface area contributed by atoms with Crippen molar-refractivity contribution < 1.29 is 19.5 Å². The van der Waals surface area contributed by atoms with Gasteiger partial charge in [0.1, 0.15) is 12.6 Å². The van der Waals surface area contributed by atoms with Gasteiger partial charge in [0.05, 0.1) is 0 Å². The zero-order valence-electron chi connectivity index (χ0n) is 14.4. The van der Waals surface area contributed by atoms with Gasteiger partial charge in [-0.1, -0.05) is 38.1 Å². The van der Waals surface area contributed by atoms with Gasteiger partial charge in [-0.15, -0.1) is 0 Å². The van der Waals surface area contributed by atoms with Crippen LogP contribution in [0.5, 0.6) is 0 Å². The maximum absolute atomic E-state index is 12.7. The molecule has 0 aliphatic carbocycles. The van der Waals surface area contributed by atoms with Crippen LogP contribution in [-0.2, 0) is 27.3 Å². The van der Waals surface area contributed by atoms with Crippen LogP contribution in [0.2, 0.25) is 0 Å². The predicted molar refractivity (Wildman–Crippen MR) is 89.2 cm³/mol. The summed E-state index contributed by atoms with van der Waals surface area (Å²) in [5.74, 6) is -1.63. The van der Waals surface area contributed by atoms with Crippen LogP contribution in [0, 0.1) is 5.92 Å². The SMILES string of the molecule is CCC(C)C(=O)N1Cc2ccccc2CC1C(=O)N(C)CC(=O)O. The van der Waals surface area contributed by atoms with E-state index in [-0.39, 0.29) is 24.3 Å². The molecule has 0 spiro atoms. The van der Waals surface area contributed by atoms with Gasteiger partial charge in [-0.25, -0.2) is 0 Å². The second-order valence-electron chi connectivity index (χ2n) is 6.35. The Labute approximate surface area is 142 Å². The molecule has 1 aromatic rings. The van der Waals surface area contributed by atoms with Gasteiger partial charge in [-0.3, -0.25) is 14.4 Å². The van der Waals surface area contributed by atoms with E-state index in [1.807, 2.05) is 38.1 Å². The molecule has 2 rings (SSSR count). The number of rotatable bonds is 5. The molecular weight excluding hydrogens is 308 g/mol. The second kappa shape index (κ2) is 7.47. The fourth-order valence-electron chi connectivity index (χ4n) is 2.97. The fourth-order valence-corrected chi connectivity index (χ4v) is 2.97. The summed E-state index contributed by atoms with van der Waals surface area (Å²) in [4.78, 5) is 39.2. The van der Waals surface area contributed by atoms with Crippen LogP contribution in [0.3, 0.4) is 0 Å². The van der Waals surface area contributed by atoms with Gasteiger partial charge in [-0.2, -0.15) is 0 Å². The summed E-state index contributed by atoms with van der Waals surface area (Å²) in [7, 11) is 1.46. The van der Waals surface area contributed by atoms with Crippen molar-refractivity contribution in [2.24, 2.45) is 5.92 Å². The van der Waals surface area contributed by atoms with Crippen LogP contribution in [-0.4, -0.2) is 52.3 Å². The van der Waals surface area contributed by atoms with E-state index in [9.17, 15) is 14.4 Å². The predicted octanol–water partition coefficient (Wildman–Crippen LogP) is 1.53. The number of carboxylic acid groups (broad SMARTS) is 1. The summed E-state index contributed by atoms with van der Waals surface area (Å²) in [5, 5.41) is 8.92. The minimum absolute atomic E-state index is 0.0610. The smallest absolute Gasteiger partial charge is 0.323 e. The van der Waals surface area contributed by atoms with Crippen LogP contribution in [0.15, 0.2) is 24.3 Å². The first-order chi connectivity index (χ1) is 11.3. The maximum Gasteiger partial charge on any atom is 0.323 e. The van der Waals surface area contributed by atoms with E-state index in [1.54, 1.807) is 4.90 Å². The number of benzene rings is 1. The molecule has 2 atom stereocenters. The van der Waals surface area contributed by atoms with Crippen LogP contribution in [0.25, 0.3) is 0 Å². The Kier molecular flexibility index (Phi) is 5.59. The highest BCUT2D eigenvalue weighted by Gasteiger charge is 2.37. The monoisotopic (exact) mass is 332 g/mol. The van der Waals surface area contributed by atoms with E-state index in [0.717, 1.165) is 11.1 Å². The Balaban J connectivity index is 2.32. The molecule has 1 aromatic carbocycles. The van der Waals surface area contributed by atoms with Gasteiger partial charge in [0.2, 0.25) is 11.8 Å². The Hall–Kier alpha value is -2.37. The number of carbonyl (C=O) groups is 3. The van der Waals surface area contributed by atoms with Gasteiger partial charge in [0, 0.05) is 25.9 Å². The molecular formula is C18H24N2O4. The van der Waals surface area contributed by atoms with Gasteiger partial charge in [0.25, 0.3) is 0 Å². The summed E-state index contributed by atoms with van der Waals surface area (Å²) in [6.07, 6.45) is 1.12. The zero-order chi connectivity index (χ0) is 17.9. The van der Waals surface area contributed by atoms with Crippen molar-refractivity contribution >= 4 is 17.8 Å². The molecule has 0 fully saturated rings. The number of carbonyl (C=O) groups excluding carboxylic acids is 2. The average Bonchev–Trinajstić information content (AvgIpc) is 2.57. The third kappa shape index (κ3) is 3.75. The van der Waals surface area contributed by atoms with E-state index in [1.165, 1.54) is 11.9 Å². The molecule has 2 unspecified atom stereocenters. The number of nitrogens with zero attached hydrogens (tertiary/aromatic N) is 2. The quantitative estimate of drug-likeness (QED) is 0.887. The summed E-state index contributed by atoms with van der Waals surface area (Å²) < 4.78 is 0. The first-order valence-electron chi connectivity index (χ1n) is 8.19. The van der Waals surface area contributed by atoms with E-state index in [4.69, 9.17) is 5.11 Å². The molecule has 6 nitrogen and oxygen atoms in total. The van der Waals surface area contributed by atoms with Gasteiger partial charge in [-0.05, 0) is 17.5 Å². The minimum Gasteiger partial charge on any atom is -0.480 e. The van der Waals surface area contributed by atoms with Crippen LogP contribution < -0.4 is 0 Å². The fraction of sp³-hybridized carbons (Fsp3) is 0.500. The highest BCUT2D eigenvalue weighted by Crippen LogP contribution is 2.26. The largest absolute Gasteiger partial charge is 0.480 e. The lowest BCUT2D eigenvalue weighted by atomic mass is 9.91. The summed E-state index contributed by atoms with van der Waals surface area (Å²) in [5.41, 5.74) is 2.08. The zero-order valence-corrected chi connectivity index (χ0v) is 14.4. The average molecular weight is 332 g/mol. The molecule has 0 saturated heterocycles. The van der Waals surface area contributed by atoms with Gasteiger partial charge < -0.3 is 14.9 Å². The molecule has 130 valence electrons. The van der Waals surface area contributed by atoms with Gasteiger partial charge >= 0.3 is 5.97 Å². The first kappa shape index (κ1) is 18.0. The summed E-state index contributed by atoms with van der Waals surface area (Å²) in [6, 6.07) is 7.11. The minimum atomic E-state index is -1.07. The molecule has 1 heterocycles. The number of likely N-dealkylation sites (N-methyl/N-ethyl adjacent to an activating group) is 1. The number of fused-ring (bicyclic) bond motifs is 1. The highest BCUT2D eigenvalue weighted by atomic mass is 16.4. The third-order valence-corrected chi connectivity index (χ3v) is 4.60. The lowest BCUT2D eigenvalue weighted by molar-refractivity contribution is -0.151. The standard InChI is InChI=1S/C18H24N2O4/c1-4-12(2)17(23)20-10-14-8-6-5-7-13(14)9-15(20)18(24)19(3)11-16(21)22/h5-8,12,15H,4,9-11H2,1-3H3,(H,21,22). The van der Waals surface area contributed by atoms with Crippen molar-refractivity contribution in [1.82, 2.24) is 9.80 Å². The molecule has 1 aliphatic rings. The van der Waals surface area contributed by atoms with Crippen molar-refractivity contribution in [3.05, 3.63) is 35.4 Å². The number of hydrogen-bond acceptors (Lipinski definition) is 3. The normalized spacial score (nSPS) is 17.8. The molecule has 1 N–H and O–H groups in total. The molecule has 0 radical (unpaired) electrons. The van der Waals surface area contributed by atoms with E-state index < -0.39 is 12.0 Å². The van der Waals surface area contributed by atoms with Crippen LogP contribution in [0.1, 0.15) is 31.4 Å². The Morgan fingerprint density at radius 2 is 1.92 bits per heavy atom. The topological polar surface area (TPSA) is 77.9 Å². The van der Waals surface area contributed by atoms with Crippen molar-refractivity contribution in [3.8, 4) is 0 Å². The summed E-state index contributed by atoms with van der Waals surface area (Å²) in [6.45, 7) is 3.80. The Morgan fingerprint density at radius 1 is 1.29 bits per heavy atom. The molecule has 0 bridgehead atoms. The van der Waals surface area contributed by atoms with Crippen LogP contribution >= 0.6 is 0 Å². The molecule has 24 heavy (non-hydrogen) atoms. The molecule has 0 saturated carbocycles.